The second-order valence-corrected chi connectivity index (χ2v) is 5.35. The van der Waals surface area contributed by atoms with Crippen molar-refractivity contribution in [3.63, 3.8) is 0 Å². The SMILES string of the molecule is CCCCC[C@H]1OC[C@H](C(=O)Oc2ccc(C#N)cc2)CO1. The fourth-order valence-electron chi connectivity index (χ4n) is 2.20. The van der Waals surface area contributed by atoms with E-state index in [1.165, 1.54) is 0 Å². The summed E-state index contributed by atoms with van der Waals surface area (Å²) in [6, 6.07) is 8.45. The second kappa shape index (κ2) is 8.52. The van der Waals surface area contributed by atoms with E-state index in [2.05, 4.69) is 6.92 Å². The Morgan fingerprint density at radius 3 is 2.55 bits per heavy atom. The standard InChI is InChI=1S/C17H21NO4/c1-2-3-4-5-16-20-11-14(12-21-16)17(19)22-15-8-6-13(10-18)7-9-15/h6-9,14,16H,2-5,11-12H2,1H3/t14-,16-. The van der Waals surface area contributed by atoms with Crippen LogP contribution in [0.2, 0.25) is 0 Å². The molecule has 0 atom stereocenters. The lowest BCUT2D eigenvalue weighted by Gasteiger charge is -2.28. The van der Waals surface area contributed by atoms with Crippen LogP contribution in [0, 0.1) is 17.2 Å². The molecule has 0 unspecified atom stereocenters. The van der Waals surface area contributed by atoms with Gasteiger partial charge in [-0.3, -0.25) is 4.79 Å². The number of esters is 1. The van der Waals surface area contributed by atoms with Crippen molar-refractivity contribution in [3.8, 4) is 11.8 Å². The molecule has 2 rings (SSSR count). The molecule has 0 bridgehead atoms. The third-order valence-corrected chi connectivity index (χ3v) is 3.55. The zero-order valence-corrected chi connectivity index (χ0v) is 12.8. The van der Waals surface area contributed by atoms with E-state index >= 15 is 0 Å². The van der Waals surface area contributed by atoms with Gasteiger partial charge in [-0.2, -0.15) is 5.26 Å². The van der Waals surface area contributed by atoms with Gasteiger partial charge in [-0.1, -0.05) is 19.8 Å². The van der Waals surface area contributed by atoms with Crippen molar-refractivity contribution in [1.82, 2.24) is 0 Å². The highest BCUT2D eigenvalue weighted by atomic mass is 16.7. The lowest BCUT2D eigenvalue weighted by atomic mass is 10.1. The number of carbonyl (C=O) groups is 1. The molecular formula is C17H21NO4. The van der Waals surface area contributed by atoms with Gasteiger partial charge >= 0.3 is 5.97 Å². The highest BCUT2D eigenvalue weighted by Crippen LogP contribution is 2.19. The lowest BCUT2D eigenvalue weighted by molar-refractivity contribution is -0.208. The van der Waals surface area contributed by atoms with Gasteiger partial charge in [0.05, 0.1) is 24.8 Å². The van der Waals surface area contributed by atoms with E-state index in [1.807, 2.05) is 6.07 Å². The quantitative estimate of drug-likeness (QED) is 0.459. The van der Waals surface area contributed by atoms with Crippen LogP contribution < -0.4 is 4.74 Å². The predicted octanol–water partition coefficient (Wildman–Crippen LogP) is 3.03. The van der Waals surface area contributed by atoms with E-state index in [0.29, 0.717) is 24.5 Å². The van der Waals surface area contributed by atoms with Crippen LogP contribution in [0.25, 0.3) is 0 Å². The zero-order valence-electron chi connectivity index (χ0n) is 12.8. The van der Waals surface area contributed by atoms with E-state index in [0.717, 1.165) is 25.7 Å². The molecule has 0 saturated carbocycles. The lowest BCUT2D eigenvalue weighted by Crippen LogP contribution is -2.38. The molecule has 1 aliphatic rings. The fraction of sp³-hybridized carbons (Fsp3) is 0.529. The summed E-state index contributed by atoms with van der Waals surface area (Å²) in [5, 5.41) is 8.73. The average molecular weight is 303 g/mol. The van der Waals surface area contributed by atoms with Crippen molar-refractivity contribution in [2.24, 2.45) is 5.92 Å². The Kier molecular flexibility index (Phi) is 6.38. The van der Waals surface area contributed by atoms with Crippen LogP contribution >= 0.6 is 0 Å². The molecule has 0 aromatic heterocycles. The minimum Gasteiger partial charge on any atom is -0.426 e. The van der Waals surface area contributed by atoms with Crippen molar-refractivity contribution in [2.75, 3.05) is 13.2 Å². The number of hydrogen-bond acceptors (Lipinski definition) is 5. The molecule has 118 valence electrons. The first-order valence-corrected chi connectivity index (χ1v) is 7.68. The van der Waals surface area contributed by atoms with Crippen molar-refractivity contribution in [1.29, 1.82) is 5.26 Å². The molecule has 5 heteroatoms. The molecule has 1 aromatic rings. The van der Waals surface area contributed by atoms with Gasteiger partial charge in [-0.25, -0.2) is 0 Å². The number of ether oxygens (including phenoxy) is 3. The number of nitrogens with zero attached hydrogens (tertiary/aromatic N) is 1. The topological polar surface area (TPSA) is 68.5 Å². The van der Waals surface area contributed by atoms with E-state index in [4.69, 9.17) is 19.5 Å². The summed E-state index contributed by atoms with van der Waals surface area (Å²) in [5.41, 5.74) is 0.527. The van der Waals surface area contributed by atoms with Gasteiger partial charge in [0.1, 0.15) is 11.7 Å². The molecule has 1 aliphatic heterocycles. The molecule has 5 nitrogen and oxygen atoms in total. The number of nitriles is 1. The smallest absolute Gasteiger partial charge is 0.319 e. The summed E-state index contributed by atoms with van der Waals surface area (Å²) in [6.45, 7) is 2.80. The van der Waals surface area contributed by atoms with Crippen LogP contribution in [-0.4, -0.2) is 25.5 Å². The Hall–Kier alpha value is -1.90. The van der Waals surface area contributed by atoms with Gasteiger partial charge in [0.25, 0.3) is 0 Å². The molecule has 0 N–H and O–H groups in total. The van der Waals surface area contributed by atoms with Gasteiger partial charge in [0, 0.05) is 0 Å². The van der Waals surface area contributed by atoms with Crippen LogP contribution in [0.4, 0.5) is 0 Å². The van der Waals surface area contributed by atoms with Crippen molar-refractivity contribution in [2.45, 2.75) is 38.9 Å². The van der Waals surface area contributed by atoms with Crippen LogP contribution in [-0.2, 0) is 14.3 Å². The van der Waals surface area contributed by atoms with Crippen LogP contribution in [0.5, 0.6) is 5.75 Å². The van der Waals surface area contributed by atoms with Crippen LogP contribution in [0.1, 0.15) is 38.2 Å². The first-order chi connectivity index (χ1) is 10.7. The van der Waals surface area contributed by atoms with Gasteiger partial charge in [0.15, 0.2) is 6.29 Å². The summed E-state index contributed by atoms with van der Waals surface area (Å²) in [4.78, 5) is 12.0. The summed E-state index contributed by atoms with van der Waals surface area (Å²) in [7, 11) is 0. The van der Waals surface area contributed by atoms with Crippen LogP contribution in [0.15, 0.2) is 24.3 Å². The van der Waals surface area contributed by atoms with Gasteiger partial charge in [-0.05, 0) is 37.1 Å². The van der Waals surface area contributed by atoms with Gasteiger partial charge < -0.3 is 14.2 Å². The molecule has 1 fully saturated rings. The summed E-state index contributed by atoms with van der Waals surface area (Å²) < 4.78 is 16.4. The molecule has 0 amide bonds. The maximum atomic E-state index is 12.0. The Morgan fingerprint density at radius 1 is 1.27 bits per heavy atom. The van der Waals surface area contributed by atoms with Gasteiger partial charge in [0.2, 0.25) is 0 Å². The minimum absolute atomic E-state index is 0.203. The maximum Gasteiger partial charge on any atom is 0.319 e. The van der Waals surface area contributed by atoms with E-state index in [1.54, 1.807) is 24.3 Å². The molecule has 0 radical (unpaired) electrons. The normalized spacial score (nSPS) is 21.1. The molecule has 1 saturated heterocycles. The minimum atomic E-state index is -0.405. The Balaban J connectivity index is 1.76. The molecule has 0 aliphatic carbocycles. The first-order valence-electron chi connectivity index (χ1n) is 7.68. The summed E-state index contributed by atoms with van der Waals surface area (Å²) >= 11 is 0. The monoisotopic (exact) mass is 303 g/mol. The first kappa shape index (κ1) is 16.5. The zero-order chi connectivity index (χ0) is 15.8. The fourth-order valence-corrected chi connectivity index (χ4v) is 2.20. The number of unbranched alkanes of at least 4 members (excludes halogenated alkanes) is 2. The number of hydrogen-bond donors (Lipinski definition) is 0. The van der Waals surface area contributed by atoms with E-state index < -0.39 is 5.92 Å². The molecule has 1 aromatic carbocycles. The summed E-state index contributed by atoms with van der Waals surface area (Å²) in [5.74, 6) is -0.344. The van der Waals surface area contributed by atoms with E-state index in [9.17, 15) is 4.79 Å². The number of benzene rings is 1. The third-order valence-electron chi connectivity index (χ3n) is 3.55. The van der Waals surface area contributed by atoms with Crippen molar-refractivity contribution in [3.05, 3.63) is 29.8 Å². The average Bonchev–Trinajstić information content (AvgIpc) is 2.56. The highest BCUT2D eigenvalue weighted by molar-refractivity contribution is 5.75. The predicted molar refractivity (Wildman–Crippen MR) is 80.1 cm³/mol. The number of rotatable bonds is 6. The Morgan fingerprint density at radius 2 is 1.95 bits per heavy atom. The van der Waals surface area contributed by atoms with Crippen LogP contribution in [0.3, 0.4) is 0 Å². The largest absolute Gasteiger partial charge is 0.426 e. The molecule has 0 spiro atoms. The Bertz CT molecular complexity index is 512. The molecule has 22 heavy (non-hydrogen) atoms. The maximum absolute atomic E-state index is 12.0. The van der Waals surface area contributed by atoms with Crippen molar-refractivity contribution >= 4 is 5.97 Å². The van der Waals surface area contributed by atoms with Crippen molar-refractivity contribution < 1.29 is 19.0 Å². The second-order valence-electron chi connectivity index (χ2n) is 5.35. The summed E-state index contributed by atoms with van der Waals surface area (Å²) in [6.07, 6.45) is 4.05. The molecule has 1 heterocycles. The Labute approximate surface area is 130 Å². The molecular weight excluding hydrogens is 282 g/mol. The van der Waals surface area contributed by atoms with E-state index in [-0.39, 0.29) is 12.3 Å². The number of carbonyl (C=O) groups excluding carboxylic acids is 1. The highest BCUT2D eigenvalue weighted by Gasteiger charge is 2.28. The van der Waals surface area contributed by atoms with Gasteiger partial charge in [-0.15, -0.1) is 0 Å². The third kappa shape index (κ3) is 4.83.